The molecule has 1 aliphatic rings. The zero-order chi connectivity index (χ0) is 17.8. The van der Waals surface area contributed by atoms with Crippen molar-refractivity contribution in [3.63, 3.8) is 0 Å². The van der Waals surface area contributed by atoms with E-state index in [0.717, 1.165) is 5.56 Å². The molecule has 132 valence electrons. The van der Waals surface area contributed by atoms with E-state index < -0.39 is 5.91 Å². The molecule has 0 radical (unpaired) electrons. The minimum atomic E-state index is -0.405. The van der Waals surface area contributed by atoms with Crippen molar-refractivity contribution in [1.82, 2.24) is 10.3 Å². The van der Waals surface area contributed by atoms with Gasteiger partial charge in [-0.15, -0.1) is 0 Å². The standard InChI is InChI=1S/C17H16Cl2N2O4/c1-2-23-14-4-3-11(18)15(21-14)17(22)20-9-10-7-12(19)16-13(8-10)24-5-6-25-16/h3-4,7-8H,2,5-6,9H2,1H3,(H,20,22). The fraction of sp³-hybridized carbons (Fsp3) is 0.294. The van der Waals surface area contributed by atoms with Gasteiger partial charge in [-0.2, -0.15) is 0 Å². The van der Waals surface area contributed by atoms with Gasteiger partial charge in [0.1, 0.15) is 13.2 Å². The highest BCUT2D eigenvalue weighted by Crippen LogP contribution is 2.38. The summed E-state index contributed by atoms with van der Waals surface area (Å²) in [5.41, 5.74) is 0.885. The van der Waals surface area contributed by atoms with Crippen LogP contribution in [-0.4, -0.2) is 30.7 Å². The van der Waals surface area contributed by atoms with Crippen LogP contribution in [0.4, 0.5) is 0 Å². The number of nitrogens with one attached hydrogen (secondary N) is 1. The van der Waals surface area contributed by atoms with Crippen molar-refractivity contribution in [1.29, 1.82) is 0 Å². The van der Waals surface area contributed by atoms with Crippen LogP contribution in [0.15, 0.2) is 24.3 Å². The Bertz CT molecular complexity index is 798. The van der Waals surface area contributed by atoms with Crippen LogP contribution in [0.1, 0.15) is 23.0 Å². The van der Waals surface area contributed by atoms with Crippen LogP contribution in [0.2, 0.25) is 10.0 Å². The minimum absolute atomic E-state index is 0.108. The van der Waals surface area contributed by atoms with Gasteiger partial charge in [-0.25, -0.2) is 4.98 Å². The normalized spacial score (nSPS) is 12.6. The number of halogens is 2. The third-order valence-electron chi connectivity index (χ3n) is 3.44. The SMILES string of the molecule is CCOc1ccc(Cl)c(C(=O)NCc2cc(Cl)c3c(c2)OCCO3)n1. The molecule has 0 unspecified atom stereocenters. The topological polar surface area (TPSA) is 69.7 Å². The number of carbonyl (C=O) groups is 1. The number of amides is 1. The Morgan fingerprint density at radius 2 is 2.04 bits per heavy atom. The molecule has 1 N–H and O–H groups in total. The van der Waals surface area contributed by atoms with Crippen LogP contribution in [0.25, 0.3) is 0 Å². The lowest BCUT2D eigenvalue weighted by Gasteiger charge is -2.20. The van der Waals surface area contributed by atoms with E-state index in [2.05, 4.69) is 10.3 Å². The number of nitrogens with zero attached hydrogens (tertiary/aromatic N) is 1. The monoisotopic (exact) mass is 382 g/mol. The third-order valence-corrected chi connectivity index (χ3v) is 4.02. The van der Waals surface area contributed by atoms with E-state index in [9.17, 15) is 4.79 Å². The van der Waals surface area contributed by atoms with Crippen LogP contribution >= 0.6 is 23.2 Å². The van der Waals surface area contributed by atoms with Gasteiger partial charge in [-0.1, -0.05) is 23.2 Å². The van der Waals surface area contributed by atoms with E-state index in [1.165, 1.54) is 0 Å². The molecule has 0 atom stereocenters. The summed E-state index contributed by atoms with van der Waals surface area (Å²) < 4.78 is 16.3. The Labute approximate surface area is 155 Å². The summed E-state index contributed by atoms with van der Waals surface area (Å²) in [6.07, 6.45) is 0. The Hall–Kier alpha value is -2.18. The molecule has 0 spiro atoms. The van der Waals surface area contributed by atoms with E-state index in [1.54, 1.807) is 24.3 Å². The molecule has 25 heavy (non-hydrogen) atoms. The molecule has 0 fully saturated rings. The third kappa shape index (κ3) is 4.08. The van der Waals surface area contributed by atoms with Crippen molar-refractivity contribution >= 4 is 29.1 Å². The van der Waals surface area contributed by atoms with Crippen LogP contribution in [-0.2, 0) is 6.54 Å². The number of aromatic nitrogens is 1. The van der Waals surface area contributed by atoms with Crippen LogP contribution in [0, 0.1) is 0 Å². The summed E-state index contributed by atoms with van der Waals surface area (Å²) in [5, 5.41) is 3.45. The van der Waals surface area contributed by atoms with Gasteiger partial charge in [0.15, 0.2) is 17.2 Å². The maximum atomic E-state index is 12.4. The van der Waals surface area contributed by atoms with E-state index in [1.807, 2.05) is 6.92 Å². The molecule has 1 aliphatic heterocycles. The van der Waals surface area contributed by atoms with E-state index in [4.69, 9.17) is 37.4 Å². The van der Waals surface area contributed by atoms with Gasteiger partial charge in [-0.3, -0.25) is 4.79 Å². The number of hydrogen-bond donors (Lipinski definition) is 1. The molecule has 2 aromatic rings. The van der Waals surface area contributed by atoms with Gasteiger partial charge in [0.05, 0.1) is 16.7 Å². The molecule has 6 nitrogen and oxygen atoms in total. The maximum Gasteiger partial charge on any atom is 0.271 e. The highest BCUT2D eigenvalue weighted by Gasteiger charge is 2.18. The molecule has 0 aliphatic carbocycles. The van der Waals surface area contributed by atoms with Crippen molar-refractivity contribution < 1.29 is 19.0 Å². The number of carbonyl (C=O) groups excluding carboxylic acids is 1. The summed E-state index contributed by atoms with van der Waals surface area (Å²) in [6, 6.07) is 6.70. The van der Waals surface area contributed by atoms with Gasteiger partial charge in [-0.05, 0) is 30.7 Å². The van der Waals surface area contributed by atoms with Crippen molar-refractivity contribution in [3.05, 3.63) is 45.6 Å². The van der Waals surface area contributed by atoms with Crippen LogP contribution in [0.3, 0.4) is 0 Å². The first kappa shape index (κ1) is 17.6. The summed E-state index contributed by atoms with van der Waals surface area (Å²) in [4.78, 5) is 16.5. The van der Waals surface area contributed by atoms with Gasteiger partial charge < -0.3 is 19.5 Å². The van der Waals surface area contributed by atoms with Crippen LogP contribution in [0.5, 0.6) is 17.4 Å². The van der Waals surface area contributed by atoms with Crippen LogP contribution < -0.4 is 19.5 Å². The molecule has 1 amide bonds. The predicted molar refractivity (Wildman–Crippen MR) is 94.0 cm³/mol. The number of pyridine rings is 1. The highest BCUT2D eigenvalue weighted by molar-refractivity contribution is 6.33. The number of fused-ring (bicyclic) bond motifs is 1. The molecule has 0 saturated carbocycles. The maximum absolute atomic E-state index is 12.4. The molecule has 3 rings (SSSR count). The van der Waals surface area contributed by atoms with Crippen molar-refractivity contribution in [3.8, 4) is 17.4 Å². The average Bonchev–Trinajstić information content (AvgIpc) is 2.61. The summed E-state index contributed by atoms with van der Waals surface area (Å²) >= 11 is 12.2. The quantitative estimate of drug-likeness (QED) is 0.856. The Kier molecular flexibility index (Phi) is 5.50. The van der Waals surface area contributed by atoms with Gasteiger partial charge in [0.2, 0.25) is 5.88 Å². The second kappa shape index (κ2) is 7.80. The summed E-state index contributed by atoms with van der Waals surface area (Å²) in [7, 11) is 0. The number of ether oxygens (including phenoxy) is 3. The lowest BCUT2D eigenvalue weighted by atomic mass is 10.2. The lowest BCUT2D eigenvalue weighted by Crippen LogP contribution is -2.24. The summed E-state index contributed by atoms with van der Waals surface area (Å²) in [5.74, 6) is 1.03. The zero-order valence-corrected chi connectivity index (χ0v) is 15.0. The fourth-order valence-electron chi connectivity index (χ4n) is 2.34. The Balaban J connectivity index is 1.72. The van der Waals surface area contributed by atoms with Crippen molar-refractivity contribution in [2.75, 3.05) is 19.8 Å². The first-order valence-electron chi connectivity index (χ1n) is 7.74. The van der Waals surface area contributed by atoms with Gasteiger partial charge >= 0.3 is 0 Å². The van der Waals surface area contributed by atoms with E-state index in [0.29, 0.717) is 42.2 Å². The van der Waals surface area contributed by atoms with E-state index >= 15 is 0 Å². The molecule has 0 saturated heterocycles. The first-order valence-corrected chi connectivity index (χ1v) is 8.49. The number of hydrogen-bond acceptors (Lipinski definition) is 5. The Morgan fingerprint density at radius 3 is 2.84 bits per heavy atom. The van der Waals surface area contributed by atoms with Crippen molar-refractivity contribution in [2.24, 2.45) is 0 Å². The smallest absolute Gasteiger partial charge is 0.271 e. The largest absolute Gasteiger partial charge is 0.486 e. The zero-order valence-electron chi connectivity index (χ0n) is 13.5. The highest BCUT2D eigenvalue weighted by atomic mass is 35.5. The molecule has 1 aromatic heterocycles. The Morgan fingerprint density at radius 1 is 1.24 bits per heavy atom. The predicted octanol–water partition coefficient (Wildman–Crippen LogP) is 3.49. The van der Waals surface area contributed by atoms with E-state index in [-0.39, 0.29) is 17.3 Å². The average molecular weight is 383 g/mol. The second-order valence-corrected chi connectivity index (χ2v) is 6.01. The fourth-order valence-corrected chi connectivity index (χ4v) is 2.82. The molecule has 8 heteroatoms. The van der Waals surface area contributed by atoms with Gasteiger partial charge in [0.25, 0.3) is 5.91 Å². The van der Waals surface area contributed by atoms with Gasteiger partial charge in [0, 0.05) is 12.6 Å². The molecular weight excluding hydrogens is 367 g/mol. The molecule has 0 bridgehead atoms. The molecule has 1 aromatic carbocycles. The number of benzene rings is 1. The second-order valence-electron chi connectivity index (χ2n) is 5.20. The molecular formula is C17H16Cl2N2O4. The minimum Gasteiger partial charge on any atom is -0.486 e. The summed E-state index contributed by atoms with van der Waals surface area (Å²) in [6.45, 7) is 3.45. The van der Waals surface area contributed by atoms with Crippen molar-refractivity contribution in [2.45, 2.75) is 13.5 Å². The number of rotatable bonds is 5. The lowest BCUT2D eigenvalue weighted by molar-refractivity contribution is 0.0945. The first-order chi connectivity index (χ1) is 12.1. The molecule has 2 heterocycles.